The molecule has 0 atom stereocenters. The predicted molar refractivity (Wildman–Crippen MR) is 75.1 cm³/mol. The first-order valence-corrected chi connectivity index (χ1v) is 7.01. The van der Waals surface area contributed by atoms with Crippen molar-refractivity contribution in [3.63, 3.8) is 0 Å². The van der Waals surface area contributed by atoms with E-state index >= 15 is 0 Å². The van der Waals surface area contributed by atoms with Crippen LogP contribution in [-0.4, -0.2) is 4.98 Å². The second kappa shape index (κ2) is 5.11. The van der Waals surface area contributed by atoms with E-state index < -0.39 is 0 Å². The number of aryl methyl sites for hydroxylation is 2. The zero-order valence-electron chi connectivity index (χ0n) is 10.0. The summed E-state index contributed by atoms with van der Waals surface area (Å²) in [5, 5.41) is 0. The molecule has 1 heterocycles. The molecule has 0 unspecified atom stereocenters. The van der Waals surface area contributed by atoms with E-state index in [0.717, 1.165) is 16.0 Å². The lowest BCUT2D eigenvalue weighted by Crippen LogP contribution is -2.02. The molecule has 0 saturated heterocycles. The lowest BCUT2D eigenvalue weighted by molar-refractivity contribution is 0.478. The minimum atomic E-state index is 0.764. The summed E-state index contributed by atoms with van der Waals surface area (Å²) in [5.74, 6) is 1.66. The average Bonchev–Trinajstić information content (AvgIpc) is 2.39. The minimum Gasteiger partial charge on any atom is -0.456 e. The van der Waals surface area contributed by atoms with Crippen LogP contribution in [0.3, 0.4) is 0 Å². The number of halogens is 1. The van der Waals surface area contributed by atoms with E-state index in [-0.39, 0.29) is 0 Å². The first kappa shape index (κ1) is 11.7. The predicted octanol–water partition coefficient (Wildman–Crippen LogP) is 4.52. The smallest absolute Gasteiger partial charge is 0.146 e. The average molecular weight is 304 g/mol. The van der Waals surface area contributed by atoms with E-state index in [1.54, 1.807) is 12.4 Å². The summed E-state index contributed by atoms with van der Waals surface area (Å²) in [6.07, 6.45) is 8.44. The molecule has 1 aliphatic carbocycles. The van der Waals surface area contributed by atoms with Gasteiger partial charge in [0.2, 0.25) is 0 Å². The fraction of sp³-hybridized carbons (Fsp3) is 0.267. The summed E-state index contributed by atoms with van der Waals surface area (Å²) in [5.41, 5.74) is 2.91. The quantitative estimate of drug-likeness (QED) is 0.814. The molecule has 3 rings (SSSR count). The van der Waals surface area contributed by atoms with Gasteiger partial charge >= 0.3 is 0 Å². The molecule has 0 amide bonds. The molecule has 2 aromatic rings. The Labute approximate surface area is 115 Å². The topological polar surface area (TPSA) is 22.1 Å². The number of nitrogens with zero attached hydrogens (tertiary/aromatic N) is 1. The molecule has 0 fully saturated rings. The van der Waals surface area contributed by atoms with Crippen LogP contribution in [0.15, 0.2) is 41.1 Å². The molecule has 92 valence electrons. The molecule has 0 saturated carbocycles. The number of pyridine rings is 1. The minimum absolute atomic E-state index is 0.764. The third-order valence-corrected chi connectivity index (χ3v) is 3.67. The summed E-state index contributed by atoms with van der Waals surface area (Å²) >= 11 is 3.39. The van der Waals surface area contributed by atoms with E-state index in [2.05, 4.69) is 33.0 Å². The van der Waals surface area contributed by atoms with Crippen molar-refractivity contribution in [1.29, 1.82) is 0 Å². The van der Waals surface area contributed by atoms with Gasteiger partial charge < -0.3 is 4.74 Å². The van der Waals surface area contributed by atoms with Crippen LogP contribution in [0, 0.1) is 0 Å². The summed E-state index contributed by atoms with van der Waals surface area (Å²) in [6.45, 7) is 0. The summed E-state index contributed by atoms with van der Waals surface area (Å²) in [7, 11) is 0. The van der Waals surface area contributed by atoms with Crippen LogP contribution in [0.5, 0.6) is 11.5 Å². The van der Waals surface area contributed by atoms with Crippen molar-refractivity contribution in [1.82, 2.24) is 4.98 Å². The molecule has 2 nitrogen and oxygen atoms in total. The molecule has 1 aromatic carbocycles. The number of aromatic nitrogens is 1. The largest absolute Gasteiger partial charge is 0.456 e. The van der Waals surface area contributed by atoms with Crippen molar-refractivity contribution in [3.8, 4) is 11.5 Å². The van der Waals surface area contributed by atoms with Crippen molar-refractivity contribution in [2.45, 2.75) is 25.7 Å². The molecular weight excluding hydrogens is 290 g/mol. The Kier molecular flexibility index (Phi) is 3.33. The van der Waals surface area contributed by atoms with Crippen molar-refractivity contribution in [2.75, 3.05) is 0 Å². The second-order valence-corrected chi connectivity index (χ2v) is 5.49. The van der Waals surface area contributed by atoms with Gasteiger partial charge in [0.15, 0.2) is 0 Å². The third kappa shape index (κ3) is 2.56. The highest BCUT2D eigenvalue weighted by Gasteiger charge is 2.10. The first-order chi connectivity index (χ1) is 8.81. The van der Waals surface area contributed by atoms with Gasteiger partial charge in [-0.3, -0.25) is 4.98 Å². The van der Waals surface area contributed by atoms with Gasteiger partial charge in [-0.2, -0.15) is 0 Å². The van der Waals surface area contributed by atoms with E-state index in [4.69, 9.17) is 4.74 Å². The SMILES string of the molecule is Brc1cncc(Oc2ccc3c(c2)CCCC3)c1. The van der Waals surface area contributed by atoms with Gasteiger partial charge in [0.25, 0.3) is 0 Å². The van der Waals surface area contributed by atoms with Gasteiger partial charge in [0, 0.05) is 10.7 Å². The third-order valence-electron chi connectivity index (χ3n) is 3.24. The normalized spacial score (nSPS) is 14.1. The molecule has 1 aliphatic rings. The van der Waals surface area contributed by atoms with Gasteiger partial charge in [-0.15, -0.1) is 0 Å². The fourth-order valence-corrected chi connectivity index (χ4v) is 2.70. The maximum absolute atomic E-state index is 5.83. The first-order valence-electron chi connectivity index (χ1n) is 6.21. The van der Waals surface area contributed by atoms with Crippen LogP contribution in [0.1, 0.15) is 24.0 Å². The maximum Gasteiger partial charge on any atom is 0.146 e. The highest BCUT2D eigenvalue weighted by Crippen LogP contribution is 2.28. The fourth-order valence-electron chi connectivity index (χ4n) is 2.36. The van der Waals surface area contributed by atoms with Gasteiger partial charge in [0.1, 0.15) is 11.5 Å². The second-order valence-electron chi connectivity index (χ2n) is 4.58. The Morgan fingerprint density at radius 3 is 2.61 bits per heavy atom. The monoisotopic (exact) mass is 303 g/mol. The number of hydrogen-bond donors (Lipinski definition) is 0. The lowest BCUT2D eigenvalue weighted by Gasteiger charge is -2.16. The zero-order chi connectivity index (χ0) is 12.4. The Balaban J connectivity index is 1.85. The number of ether oxygens (including phenoxy) is 1. The molecule has 0 N–H and O–H groups in total. The Hall–Kier alpha value is -1.35. The molecule has 3 heteroatoms. The number of benzene rings is 1. The van der Waals surface area contributed by atoms with Crippen molar-refractivity contribution >= 4 is 15.9 Å². The lowest BCUT2D eigenvalue weighted by atomic mass is 9.92. The molecule has 18 heavy (non-hydrogen) atoms. The van der Waals surface area contributed by atoms with E-state index in [1.165, 1.54) is 36.8 Å². The summed E-state index contributed by atoms with van der Waals surface area (Å²) in [4.78, 5) is 4.10. The van der Waals surface area contributed by atoms with Gasteiger partial charge in [-0.05, 0) is 70.9 Å². The van der Waals surface area contributed by atoms with Crippen LogP contribution in [0.2, 0.25) is 0 Å². The number of hydrogen-bond acceptors (Lipinski definition) is 2. The van der Waals surface area contributed by atoms with Gasteiger partial charge in [-0.25, -0.2) is 0 Å². The van der Waals surface area contributed by atoms with Crippen LogP contribution in [0.4, 0.5) is 0 Å². The maximum atomic E-state index is 5.83. The molecule has 0 spiro atoms. The standard InChI is InChI=1S/C15H14BrNO/c16-13-8-15(10-17-9-13)18-14-6-5-11-3-1-2-4-12(11)7-14/h5-10H,1-4H2. The zero-order valence-corrected chi connectivity index (χ0v) is 11.6. The van der Waals surface area contributed by atoms with Crippen LogP contribution in [0.25, 0.3) is 0 Å². The van der Waals surface area contributed by atoms with Crippen LogP contribution < -0.4 is 4.74 Å². The van der Waals surface area contributed by atoms with E-state index in [9.17, 15) is 0 Å². The molecular formula is C15H14BrNO. The van der Waals surface area contributed by atoms with Gasteiger partial charge in [0.05, 0.1) is 6.20 Å². The van der Waals surface area contributed by atoms with E-state index in [1.807, 2.05) is 12.1 Å². The highest BCUT2D eigenvalue weighted by molar-refractivity contribution is 9.10. The Morgan fingerprint density at radius 2 is 1.78 bits per heavy atom. The van der Waals surface area contributed by atoms with Gasteiger partial charge in [-0.1, -0.05) is 6.07 Å². The summed E-state index contributed by atoms with van der Waals surface area (Å²) < 4.78 is 6.76. The van der Waals surface area contributed by atoms with Crippen LogP contribution in [-0.2, 0) is 12.8 Å². The molecule has 0 radical (unpaired) electrons. The van der Waals surface area contributed by atoms with Crippen molar-refractivity contribution < 1.29 is 4.74 Å². The molecule has 1 aromatic heterocycles. The molecule has 0 bridgehead atoms. The Bertz CT molecular complexity index is 568. The summed E-state index contributed by atoms with van der Waals surface area (Å²) in [6, 6.07) is 8.32. The van der Waals surface area contributed by atoms with Crippen molar-refractivity contribution in [2.24, 2.45) is 0 Å². The van der Waals surface area contributed by atoms with E-state index in [0.29, 0.717) is 0 Å². The van der Waals surface area contributed by atoms with Crippen molar-refractivity contribution in [3.05, 3.63) is 52.3 Å². The number of rotatable bonds is 2. The Morgan fingerprint density at radius 1 is 0.944 bits per heavy atom. The molecule has 0 aliphatic heterocycles. The number of fused-ring (bicyclic) bond motifs is 1. The van der Waals surface area contributed by atoms with Crippen LogP contribution >= 0.6 is 15.9 Å². The highest BCUT2D eigenvalue weighted by atomic mass is 79.9.